The van der Waals surface area contributed by atoms with Gasteiger partial charge >= 0.3 is 0 Å². The van der Waals surface area contributed by atoms with Crippen LogP contribution in [-0.2, 0) is 0 Å². The Bertz CT molecular complexity index is 598. The molecule has 0 saturated heterocycles. The van der Waals surface area contributed by atoms with Crippen molar-refractivity contribution in [1.29, 1.82) is 0 Å². The van der Waals surface area contributed by atoms with E-state index in [-0.39, 0.29) is 11.7 Å². The van der Waals surface area contributed by atoms with Crippen LogP contribution in [0, 0.1) is 13.8 Å². The average Bonchev–Trinajstić information content (AvgIpc) is 2.32. The fourth-order valence-electron chi connectivity index (χ4n) is 1.49. The first-order chi connectivity index (χ1) is 8.58. The van der Waals surface area contributed by atoms with Crippen LogP contribution in [0.15, 0.2) is 24.7 Å². The van der Waals surface area contributed by atoms with Gasteiger partial charge in [0.1, 0.15) is 5.82 Å². The van der Waals surface area contributed by atoms with E-state index in [1.54, 1.807) is 13.8 Å². The summed E-state index contributed by atoms with van der Waals surface area (Å²) in [6.45, 7) is 3.49. The van der Waals surface area contributed by atoms with Gasteiger partial charge in [-0.15, -0.1) is 0 Å². The second kappa shape index (κ2) is 4.79. The number of nitrogens with one attached hydrogen (secondary N) is 1. The van der Waals surface area contributed by atoms with Gasteiger partial charge in [-0.2, -0.15) is 0 Å². The summed E-state index contributed by atoms with van der Waals surface area (Å²) in [5.41, 5.74) is 1.26. The fraction of sp³-hybridized carbons (Fsp3) is 0.167. The second-order valence-corrected chi connectivity index (χ2v) is 3.76. The SMILES string of the molecule is Cc1ncc(C(=O)Nc2ccncc2O)c(C)n1. The molecule has 0 aliphatic rings. The number of pyridine rings is 1. The lowest BCUT2D eigenvalue weighted by atomic mass is 10.2. The molecule has 0 aliphatic heterocycles. The van der Waals surface area contributed by atoms with Crippen molar-refractivity contribution in [1.82, 2.24) is 15.0 Å². The quantitative estimate of drug-likeness (QED) is 0.834. The highest BCUT2D eigenvalue weighted by molar-refractivity contribution is 6.05. The van der Waals surface area contributed by atoms with Crippen molar-refractivity contribution in [3.05, 3.63) is 41.7 Å². The number of hydrogen-bond donors (Lipinski definition) is 2. The third kappa shape index (κ3) is 2.42. The molecule has 0 aromatic carbocycles. The van der Waals surface area contributed by atoms with Crippen molar-refractivity contribution >= 4 is 11.6 Å². The van der Waals surface area contributed by atoms with Crippen LogP contribution in [0.3, 0.4) is 0 Å². The summed E-state index contributed by atoms with van der Waals surface area (Å²) in [6, 6.07) is 1.51. The third-order valence-corrected chi connectivity index (χ3v) is 2.39. The lowest BCUT2D eigenvalue weighted by Crippen LogP contribution is -2.15. The third-order valence-electron chi connectivity index (χ3n) is 2.39. The molecule has 0 unspecified atom stereocenters. The molecule has 0 bridgehead atoms. The Hall–Kier alpha value is -2.50. The van der Waals surface area contributed by atoms with Crippen molar-refractivity contribution in [3.8, 4) is 5.75 Å². The monoisotopic (exact) mass is 244 g/mol. The molecule has 0 radical (unpaired) electrons. The summed E-state index contributed by atoms with van der Waals surface area (Å²) in [4.78, 5) is 23.8. The smallest absolute Gasteiger partial charge is 0.259 e. The van der Waals surface area contributed by atoms with Crippen LogP contribution in [0.2, 0.25) is 0 Å². The molecule has 0 atom stereocenters. The number of anilines is 1. The molecular formula is C12H12N4O2. The van der Waals surface area contributed by atoms with Crippen LogP contribution in [0.1, 0.15) is 21.9 Å². The van der Waals surface area contributed by atoms with Crippen molar-refractivity contribution in [2.24, 2.45) is 0 Å². The summed E-state index contributed by atoms with van der Waals surface area (Å²) < 4.78 is 0. The Balaban J connectivity index is 2.25. The van der Waals surface area contributed by atoms with Gasteiger partial charge in [-0.05, 0) is 19.9 Å². The van der Waals surface area contributed by atoms with E-state index in [4.69, 9.17) is 0 Å². The normalized spacial score (nSPS) is 10.1. The van der Waals surface area contributed by atoms with Gasteiger partial charge in [0.2, 0.25) is 0 Å². The molecule has 18 heavy (non-hydrogen) atoms. The molecular weight excluding hydrogens is 232 g/mol. The van der Waals surface area contributed by atoms with Gasteiger partial charge < -0.3 is 10.4 Å². The Labute approximate surface area is 104 Å². The number of aromatic nitrogens is 3. The predicted molar refractivity (Wildman–Crippen MR) is 65.4 cm³/mol. The largest absolute Gasteiger partial charge is 0.504 e. The average molecular weight is 244 g/mol. The summed E-state index contributed by atoms with van der Waals surface area (Å²) in [5, 5.41) is 12.1. The van der Waals surface area contributed by atoms with Crippen LogP contribution in [0.25, 0.3) is 0 Å². The van der Waals surface area contributed by atoms with E-state index in [1.807, 2.05) is 0 Å². The van der Waals surface area contributed by atoms with Crippen LogP contribution in [0.4, 0.5) is 5.69 Å². The van der Waals surface area contributed by atoms with Crippen LogP contribution in [-0.4, -0.2) is 26.0 Å². The summed E-state index contributed by atoms with van der Waals surface area (Å²) in [5.74, 6) is 0.154. The molecule has 0 saturated carbocycles. The fourth-order valence-corrected chi connectivity index (χ4v) is 1.49. The van der Waals surface area contributed by atoms with Crippen molar-refractivity contribution in [3.63, 3.8) is 0 Å². The van der Waals surface area contributed by atoms with E-state index < -0.39 is 0 Å². The topological polar surface area (TPSA) is 88.0 Å². The number of aromatic hydroxyl groups is 1. The van der Waals surface area contributed by atoms with Crippen molar-refractivity contribution in [2.45, 2.75) is 13.8 Å². The molecule has 92 valence electrons. The zero-order valence-corrected chi connectivity index (χ0v) is 10.0. The molecule has 6 nitrogen and oxygen atoms in total. The van der Waals surface area contributed by atoms with E-state index in [0.717, 1.165) is 0 Å². The number of hydrogen-bond acceptors (Lipinski definition) is 5. The van der Waals surface area contributed by atoms with E-state index in [0.29, 0.717) is 22.8 Å². The van der Waals surface area contributed by atoms with Crippen molar-refractivity contribution < 1.29 is 9.90 Å². The van der Waals surface area contributed by atoms with Gasteiger partial charge in [-0.25, -0.2) is 9.97 Å². The number of carbonyl (C=O) groups excluding carboxylic acids is 1. The number of carbonyl (C=O) groups is 1. The minimum atomic E-state index is -0.367. The van der Waals surface area contributed by atoms with Gasteiger partial charge in [0.15, 0.2) is 5.75 Å². The van der Waals surface area contributed by atoms with Gasteiger partial charge in [-0.3, -0.25) is 9.78 Å². The minimum absolute atomic E-state index is 0.0865. The molecule has 1 amide bonds. The predicted octanol–water partition coefficient (Wildman–Crippen LogP) is 1.45. The summed E-state index contributed by atoms with van der Waals surface area (Å²) in [6.07, 6.45) is 4.20. The Morgan fingerprint density at radius 2 is 2.11 bits per heavy atom. The van der Waals surface area contributed by atoms with Gasteiger partial charge in [0.25, 0.3) is 5.91 Å². The van der Waals surface area contributed by atoms with E-state index in [1.165, 1.54) is 24.7 Å². The zero-order chi connectivity index (χ0) is 13.1. The summed E-state index contributed by atoms with van der Waals surface area (Å²) >= 11 is 0. The highest BCUT2D eigenvalue weighted by Crippen LogP contribution is 2.21. The maximum atomic E-state index is 12.0. The van der Waals surface area contributed by atoms with Gasteiger partial charge in [0, 0.05) is 12.4 Å². The minimum Gasteiger partial charge on any atom is -0.504 e. The Morgan fingerprint density at radius 1 is 1.33 bits per heavy atom. The van der Waals surface area contributed by atoms with E-state index in [9.17, 15) is 9.90 Å². The first kappa shape index (κ1) is 12.0. The lowest BCUT2D eigenvalue weighted by molar-refractivity contribution is 0.102. The Morgan fingerprint density at radius 3 is 2.78 bits per heavy atom. The highest BCUT2D eigenvalue weighted by Gasteiger charge is 2.12. The highest BCUT2D eigenvalue weighted by atomic mass is 16.3. The number of amides is 1. The molecule has 0 fully saturated rings. The standard InChI is InChI=1S/C12H12N4O2/c1-7-9(5-14-8(2)15-7)12(18)16-10-3-4-13-6-11(10)17/h3-6,17H,1-2H3,(H,13,16,18). The van der Waals surface area contributed by atoms with Crippen molar-refractivity contribution in [2.75, 3.05) is 5.32 Å². The van der Waals surface area contributed by atoms with Crippen LogP contribution in [0.5, 0.6) is 5.75 Å². The van der Waals surface area contributed by atoms with E-state index >= 15 is 0 Å². The summed E-state index contributed by atoms with van der Waals surface area (Å²) in [7, 11) is 0. The van der Waals surface area contributed by atoms with E-state index in [2.05, 4.69) is 20.3 Å². The first-order valence-electron chi connectivity index (χ1n) is 5.32. The maximum absolute atomic E-state index is 12.0. The second-order valence-electron chi connectivity index (χ2n) is 3.76. The molecule has 2 N–H and O–H groups in total. The van der Waals surface area contributed by atoms with Gasteiger partial charge in [-0.1, -0.05) is 0 Å². The van der Waals surface area contributed by atoms with Gasteiger partial charge in [0.05, 0.1) is 23.1 Å². The molecule has 0 spiro atoms. The molecule has 2 aromatic rings. The number of aryl methyl sites for hydroxylation is 2. The molecule has 2 rings (SSSR count). The van der Waals surface area contributed by atoms with Crippen LogP contribution < -0.4 is 5.32 Å². The molecule has 2 heterocycles. The first-order valence-corrected chi connectivity index (χ1v) is 5.32. The molecule has 6 heteroatoms. The Kier molecular flexibility index (Phi) is 3.18. The molecule has 2 aromatic heterocycles. The number of nitrogens with zero attached hydrogens (tertiary/aromatic N) is 3. The molecule has 0 aliphatic carbocycles. The van der Waals surface area contributed by atoms with Crippen LogP contribution >= 0.6 is 0 Å². The number of rotatable bonds is 2. The maximum Gasteiger partial charge on any atom is 0.259 e. The zero-order valence-electron chi connectivity index (χ0n) is 10.0. The lowest BCUT2D eigenvalue weighted by Gasteiger charge is -2.08.